The molecule has 1 aromatic heterocycles. The van der Waals surface area contributed by atoms with Crippen LogP contribution in [0.5, 0.6) is 11.6 Å². The van der Waals surface area contributed by atoms with Gasteiger partial charge in [-0.25, -0.2) is 0 Å². The zero-order valence-electron chi connectivity index (χ0n) is 10.9. The fourth-order valence-electron chi connectivity index (χ4n) is 1.69. The first-order valence-electron chi connectivity index (χ1n) is 6.10. The Labute approximate surface area is 121 Å². The van der Waals surface area contributed by atoms with Gasteiger partial charge in [-0.05, 0) is 35.7 Å². The summed E-state index contributed by atoms with van der Waals surface area (Å²) in [6, 6.07) is 9.53. The van der Waals surface area contributed by atoms with Crippen molar-refractivity contribution < 1.29 is 4.74 Å². The van der Waals surface area contributed by atoms with Crippen LogP contribution in [-0.4, -0.2) is 10.2 Å². The van der Waals surface area contributed by atoms with Gasteiger partial charge in [-0.2, -0.15) is 5.10 Å². The Kier molecular flexibility index (Phi) is 4.50. The minimum Gasteiger partial charge on any atom is -0.437 e. The Balaban J connectivity index is 2.26. The van der Waals surface area contributed by atoms with Gasteiger partial charge in [0, 0.05) is 17.1 Å². The first kappa shape index (κ1) is 14.0. The maximum Gasteiger partial charge on any atom is 0.238 e. The van der Waals surface area contributed by atoms with Crippen LogP contribution in [0.15, 0.2) is 34.8 Å². The smallest absolute Gasteiger partial charge is 0.238 e. The lowest BCUT2D eigenvalue weighted by Crippen LogP contribution is -2.02. The topological polar surface area (TPSA) is 61.0 Å². The van der Waals surface area contributed by atoms with Crippen LogP contribution in [-0.2, 0) is 6.54 Å². The lowest BCUT2D eigenvalue weighted by molar-refractivity contribution is 0.446. The van der Waals surface area contributed by atoms with Gasteiger partial charge in [-0.3, -0.25) is 0 Å². The van der Waals surface area contributed by atoms with E-state index in [2.05, 4.69) is 46.0 Å². The van der Waals surface area contributed by atoms with Crippen molar-refractivity contribution in [2.75, 3.05) is 0 Å². The highest BCUT2D eigenvalue weighted by Crippen LogP contribution is 2.32. The maximum atomic E-state index is 5.79. The van der Waals surface area contributed by atoms with Crippen LogP contribution in [0.1, 0.15) is 31.0 Å². The summed E-state index contributed by atoms with van der Waals surface area (Å²) in [7, 11) is 0. The van der Waals surface area contributed by atoms with E-state index in [0.29, 0.717) is 18.3 Å². The van der Waals surface area contributed by atoms with Gasteiger partial charge in [0.05, 0.1) is 5.69 Å². The maximum absolute atomic E-state index is 5.79. The molecule has 0 aliphatic heterocycles. The fourth-order valence-corrected chi connectivity index (χ4v) is 2.07. The zero-order chi connectivity index (χ0) is 13.8. The normalized spacial score (nSPS) is 10.8. The Morgan fingerprint density at radius 1 is 1.21 bits per heavy atom. The molecule has 1 heterocycles. The van der Waals surface area contributed by atoms with Crippen molar-refractivity contribution in [1.82, 2.24) is 10.2 Å². The highest BCUT2D eigenvalue weighted by molar-refractivity contribution is 9.10. The van der Waals surface area contributed by atoms with E-state index in [1.54, 1.807) is 6.07 Å². The second kappa shape index (κ2) is 6.12. The van der Waals surface area contributed by atoms with Crippen LogP contribution in [0.25, 0.3) is 0 Å². The molecule has 100 valence electrons. The molecule has 2 aromatic rings. The van der Waals surface area contributed by atoms with Crippen molar-refractivity contribution in [2.24, 2.45) is 5.73 Å². The summed E-state index contributed by atoms with van der Waals surface area (Å²) in [6.07, 6.45) is 0. The Hall–Kier alpha value is -1.46. The molecular formula is C14H16BrN3O. The van der Waals surface area contributed by atoms with Gasteiger partial charge in [0.2, 0.25) is 5.88 Å². The van der Waals surface area contributed by atoms with Gasteiger partial charge in [0.1, 0.15) is 5.75 Å². The van der Waals surface area contributed by atoms with Crippen LogP contribution < -0.4 is 10.5 Å². The summed E-state index contributed by atoms with van der Waals surface area (Å²) in [5, 5.41) is 7.98. The highest BCUT2D eigenvalue weighted by Gasteiger charge is 2.10. The van der Waals surface area contributed by atoms with E-state index in [1.807, 2.05) is 18.2 Å². The summed E-state index contributed by atoms with van der Waals surface area (Å²) < 4.78 is 6.83. The third-order valence-electron chi connectivity index (χ3n) is 2.71. The molecule has 2 rings (SSSR count). The number of rotatable bonds is 4. The van der Waals surface area contributed by atoms with Gasteiger partial charge < -0.3 is 10.5 Å². The van der Waals surface area contributed by atoms with Crippen LogP contribution in [0.3, 0.4) is 0 Å². The monoisotopic (exact) mass is 321 g/mol. The molecule has 0 saturated carbocycles. The average molecular weight is 322 g/mol. The van der Waals surface area contributed by atoms with Crippen molar-refractivity contribution in [3.8, 4) is 11.6 Å². The SMILES string of the molecule is CC(C)c1cc(Br)ccc1Oc1ccc(CN)nn1. The van der Waals surface area contributed by atoms with E-state index in [1.165, 1.54) is 0 Å². The summed E-state index contributed by atoms with van der Waals surface area (Å²) >= 11 is 3.47. The zero-order valence-corrected chi connectivity index (χ0v) is 12.5. The van der Waals surface area contributed by atoms with Crippen molar-refractivity contribution >= 4 is 15.9 Å². The first-order valence-corrected chi connectivity index (χ1v) is 6.89. The lowest BCUT2D eigenvalue weighted by atomic mass is 10.0. The number of halogens is 1. The number of hydrogen-bond acceptors (Lipinski definition) is 4. The Bertz CT molecular complexity index is 555. The van der Waals surface area contributed by atoms with E-state index in [9.17, 15) is 0 Å². The van der Waals surface area contributed by atoms with Crippen molar-refractivity contribution in [2.45, 2.75) is 26.3 Å². The minimum atomic E-state index is 0.365. The van der Waals surface area contributed by atoms with Crippen molar-refractivity contribution in [1.29, 1.82) is 0 Å². The van der Waals surface area contributed by atoms with Crippen LogP contribution in [0.4, 0.5) is 0 Å². The summed E-state index contributed by atoms with van der Waals surface area (Å²) in [4.78, 5) is 0. The molecule has 19 heavy (non-hydrogen) atoms. The van der Waals surface area contributed by atoms with Crippen LogP contribution >= 0.6 is 15.9 Å². The molecule has 0 saturated heterocycles. The summed E-state index contributed by atoms with van der Waals surface area (Å²) in [5.41, 5.74) is 7.35. The van der Waals surface area contributed by atoms with Crippen molar-refractivity contribution in [3.63, 3.8) is 0 Å². The summed E-state index contributed by atoms with van der Waals surface area (Å²) in [5.74, 6) is 1.64. The number of aromatic nitrogens is 2. The molecule has 2 N–H and O–H groups in total. The predicted molar refractivity (Wildman–Crippen MR) is 78.2 cm³/mol. The number of benzene rings is 1. The Morgan fingerprint density at radius 3 is 2.58 bits per heavy atom. The van der Waals surface area contributed by atoms with E-state index in [0.717, 1.165) is 21.5 Å². The van der Waals surface area contributed by atoms with E-state index in [4.69, 9.17) is 10.5 Å². The van der Waals surface area contributed by atoms with E-state index in [-0.39, 0.29) is 0 Å². The van der Waals surface area contributed by atoms with Crippen LogP contribution in [0, 0.1) is 0 Å². The molecular weight excluding hydrogens is 306 g/mol. The molecule has 4 nitrogen and oxygen atoms in total. The van der Waals surface area contributed by atoms with Crippen LogP contribution in [0.2, 0.25) is 0 Å². The number of nitrogens with two attached hydrogens (primary N) is 1. The second-order valence-corrected chi connectivity index (χ2v) is 5.42. The average Bonchev–Trinajstić information content (AvgIpc) is 2.41. The molecule has 0 amide bonds. The molecule has 0 aliphatic carbocycles. The molecule has 0 unspecified atom stereocenters. The van der Waals surface area contributed by atoms with Crippen molar-refractivity contribution in [3.05, 3.63) is 46.1 Å². The number of ether oxygens (including phenoxy) is 1. The quantitative estimate of drug-likeness (QED) is 0.934. The van der Waals surface area contributed by atoms with Gasteiger partial charge in [0.25, 0.3) is 0 Å². The molecule has 5 heteroatoms. The third kappa shape index (κ3) is 3.52. The molecule has 0 radical (unpaired) electrons. The number of hydrogen-bond donors (Lipinski definition) is 1. The largest absolute Gasteiger partial charge is 0.437 e. The predicted octanol–water partition coefficient (Wildman–Crippen LogP) is 3.61. The van der Waals surface area contributed by atoms with Gasteiger partial charge >= 0.3 is 0 Å². The molecule has 0 spiro atoms. The third-order valence-corrected chi connectivity index (χ3v) is 3.21. The molecule has 0 bridgehead atoms. The van der Waals surface area contributed by atoms with Gasteiger partial charge in [-0.1, -0.05) is 29.8 Å². The molecule has 0 aliphatic rings. The highest BCUT2D eigenvalue weighted by atomic mass is 79.9. The Morgan fingerprint density at radius 2 is 2.00 bits per heavy atom. The van der Waals surface area contributed by atoms with E-state index >= 15 is 0 Å². The molecule has 1 aromatic carbocycles. The van der Waals surface area contributed by atoms with E-state index < -0.39 is 0 Å². The molecule has 0 fully saturated rings. The van der Waals surface area contributed by atoms with Gasteiger partial charge in [-0.15, -0.1) is 5.10 Å². The minimum absolute atomic E-state index is 0.365. The summed E-state index contributed by atoms with van der Waals surface area (Å²) in [6.45, 7) is 4.62. The number of nitrogens with zero attached hydrogens (tertiary/aromatic N) is 2. The fraction of sp³-hybridized carbons (Fsp3) is 0.286. The second-order valence-electron chi connectivity index (χ2n) is 4.51. The first-order chi connectivity index (χ1) is 9.10. The standard InChI is InChI=1S/C14H16BrN3O/c1-9(2)12-7-10(15)3-5-13(12)19-14-6-4-11(8-16)17-18-14/h3-7,9H,8,16H2,1-2H3. The van der Waals surface area contributed by atoms with Gasteiger partial charge in [0.15, 0.2) is 0 Å². The lowest BCUT2D eigenvalue weighted by Gasteiger charge is -2.13. The molecule has 0 atom stereocenters.